The van der Waals surface area contributed by atoms with E-state index in [1.165, 1.54) is 30.3 Å². The van der Waals surface area contributed by atoms with Gasteiger partial charge in [-0.15, -0.1) is 0 Å². The Morgan fingerprint density at radius 3 is 2.58 bits per heavy atom. The quantitative estimate of drug-likeness (QED) is 0.635. The predicted molar refractivity (Wildman–Crippen MR) is 93.6 cm³/mol. The van der Waals surface area contributed by atoms with Crippen molar-refractivity contribution in [2.75, 3.05) is 11.9 Å². The van der Waals surface area contributed by atoms with Crippen LogP contribution in [0.15, 0.2) is 24.3 Å². The fourth-order valence-corrected chi connectivity index (χ4v) is 2.59. The summed E-state index contributed by atoms with van der Waals surface area (Å²) in [6, 6.07) is 6.67. The summed E-state index contributed by atoms with van der Waals surface area (Å²) in [6.07, 6.45) is 5.58. The number of para-hydroxylation sites is 2. The molecule has 130 valence electrons. The lowest BCUT2D eigenvalue weighted by molar-refractivity contribution is 0.209. The zero-order chi connectivity index (χ0) is 17.4. The zero-order valence-corrected chi connectivity index (χ0v) is 13.9. The summed E-state index contributed by atoms with van der Waals surface area (Å²) < 4.78 is 1.26. The Bertz CT molecular complexity index is 696. The molecular formula is C17H24N4O3. The van der Waals surface area contributed by atoms with Crippen molar-refractivity contribution in [1.29, 1.82) is 0 Å². The van der Waals surface area contributed by atoms with Gasteiger partial charge < -0.3 is 10.4 Å². The number of nitrogens with one attached hydrogen (secondary N) is 2. The maximum atomic E-state index is 12.4. The Morgan fingerprint density at radius 2 is 1.83 bits per heavy atom. The summed E-state index contributed by atoms with van der Waals surface area (Å²) in [5.74, 6) is 0.00384. The highest BCUT2D eigenvalue weighted by atomic mass is 16.4. The number of hydrogen-bond donors (Lipinski definition) is 3. The smallest absolute Gasteiger partial charge is 0.411 e. The van der Waals surface area contributed by atoms with Gasteiger partial charge >= 0.3 is 12.1 Å². The molecule has 2 rings (SSSR count). The van der Waals surface area contributed by atoms with Crippen LogP contribution in [-0.2, 0) is 0 Å². The molecule has 0 saturated heterocycles. The van der Waals surface area contributed by atoms with Crippen LogP contribution in [0.5, 0.6) is 0 Å². The number of rotatable bonds is 8. The lowest BCUT2D eigenvalue weighted by atomic mass is 10.1. The van der Waals surface area contributed by atoms with E-state index in [0.29, 0.717) is 17.6 Å². The number of hydrogen-bond acceptors (Lipinski definition) is 3. The molecule has 0 aliphatic rings. The molecule has 7 heteroatoms. The van der Waals surface area contributed by atoms with Crippen molar-refractivity contribution in [1.82, 2.24) is 14.9 Å². The molecule has 24 heavy (non-hydrogen) atoms. The first-order valence-corrected chi connectivity index (χ1v) is 8.39. The predicted octanol–water partition coefficient (Wildman–Crippen LogP) is 4.04. The number of anilines is 1. The maximum absolute atomic E-state index is 12.4. The second-order valence-corrected chi connectivity index (χ2v) is 5.69. The van der Waals surface area contributed by atoms with Crippen LogP contribution in [0.2, 0.25) is 0 Å². The zero-order valence-electron chi connectivity index (χ0n) is 13.9. The first-order valence-electron chi connectivity index (χ1n) is 8.39. The highest BCUT2D eigenvalue weighted by molar-refractivity contribution is 5.95. The standard InChI is InChI=1S/C17H24N4O3/c1-2-3-4-5-6-9-12-18-16(22)21-14-11-8-7-10-13(14)19-15(21)20-17(23)24/h7-8,10-11H,2-6,9,12H2,1H3,(H,18,22)(H,19,20)(H,23,24). The van der Waals surface area contributed by atoms with Crippen LogP contribution in [0.4, 0.5) is 15.5 Å². The number of nitrogens with zero attached hydrogens (tertiary/aromatic N) is 2. The number of carboxylic acid groups (broad SMARTS) is 1. The SMILES string of the molecule is CCCCCCCCNC(=O)n1c(NC(=O)O)nc2ccccc21. The average Bonchev–Trinajstić information content (AvgIpc) is 2.90. The van der Waals surface area contributed by atoms with Crippen LogP contribution in [0.3, 0.4) is 0 Å². The number of carbonyl (C=O) groups excluding carboxylic acids is 1. The van der Waals surface area contributed by atoms with E-state index in [9.17, 15) is 9.59 Å². The summed E-state index contributed by atoms with van der Waals surface area (Å²) in [4.78, 5) is 27.5. The number of amides is 2. The Labute approximate surface area is 141 Å². The number of unbranched alkanes of at least 4 members (excludes halogenated alkanes) is 5. The molecule has 0 spiro atoms. The third-order valence-electron chi connectivity index (χ3n) is 3.79. The molecule has 1 aromatic carbocycles. The number of imidazole rings is 1. The fraction of sp³-hybridized carbons (Fsp3) is 0.471. The van der Waals surface area contributed by atoms with Gasteiger partial charge in [-0.1, -0.05) is 51.2 Å². The van der Waals surface area contributed by atoms with Gasteiger partial charge in [-0.25, -0.2) is 19.1 Å². The van der Waals surface area contributed by atoms with Crippen molar-refractivity contribution in [3.63, 3.8) is 0 Å². The van der Waals surface area contributed by atoms with Crippen molar-refractivity contribution >= 4 is 29.1 Å². The Balaban J connectivity index is 1.99. The lowest BCUT2D eigenvalue weighted by Gasteiger charge is -2.09. The monoisotopic (exact) mass is 332 g/mol. The van der Waals surface area contributed by atoms with Crippen LogP contribution >= 0.6 is 0 Å². The van der Waals surface area contributed by atoms with Gasteiger partial charge in [0, 0.05) is 6.54 Å². The van der Waals surface area contributed by atoms with Gasteiger partial charge in [0.25, 0.3) is 0 Å². The van der Waals surface area contributed by atoms with E-state index >= 15 is 0 Å². The van der Waals surface area contributed by atoms with Crippen molar-refractivity contribution in [2.45, 2.75) is 45.4 Å². The molecule has 0 atom stereocenters. The van der Waals surface area contributed by atoms with Gasteiger partial charge in [-0.2, -0.15) is 0 Å². The van der Waals surface area contributed by atoms with E-state index < -0.39 is 6.09 Å². The van der Waals surface area contributed by atoms with Gasteiger partial charge in [-0.3, -0.25) is 5.32 Å². The average molecular weight is 332 g/mol. The Hall–Kier alpha value is -2.57. The number of aromatic nitrogens is 2. The lowest BCUT2D eigenvalue weighted by Crippen LogP contribution is -2.30. The summed E-state index contributed by atoms with van der Waals surface area (Å²) >= 11 is 0. The van der Waals surface area contributed by atoms with E-state index in [1.807, 2.05) is 0 Å². The molecule has 0 aliphatic carbocycles. The van der Waals surface area contributed by atoms with E-state index in [0.717, 1.165) is 12.8 Å². The molecule has 0 radical (unpaired) electrons. The molecule has 0 bridgehead atoms. The van der Waals surface area contributed by atoms with E-state index in [-0.39, 0.29) is 12.0 Å². The minimum Gasteiger partial charge on any atom is -0.465 e. The summed E-state index contributed by atoms with van der Waals surface area (Å²) in [5.41, 5.74) is 1.14. The molecule has 7 nitrogen and oxygen atoms in total. The molecular weight excluding hydrogens is 308 g/mol. The minimum absolute atomic E-state index is 0.00384. The van der Waals surface area contributed by atoms with E-state index in [1.54, 1.807) is 24.3 Å². The molecule has 0 fully saturated rings. The molecule has 1 aromatic heterocycles. The first-order chi connectivity index (χ1) is 11.6. The highest BCUT2D eigenvalue weighted by Gasteiger charge is 2.17. The van der Waals surface area contributed by atoms with Crippen LogP contribution < -0.4 is 10.6 Å². The topological polar surface area (TPSA) is 96.2 Å². The maximum Gasteiger partial charge on any atom is 0.411 e. The van der Waals surface area contributed by atoms with E-state index in [4.69, 9.17) is 5.11 Å². The second-order valence-electron chi connectivity index (χ2n) is 5.69. The number of carbonyl (C=O) groups is 2. The van der Waals surface area contributed by atoms with Gasteiger partial charge in [-0.05, 0) is 18.6 Å². The normalized spacial score (nSPS) is 10.7. The van der Waals surface area contributed by atoms with Crippen LogP contribution in [-0.4, -0.2) is 33.3 Å². The molecule has 2 amide bonds. The van der Waals surface area contributed by atoms with Gasteiger partial charge in [0.05, 0.1) is 11.0 Å². The number of fused-ring (bicyclic) bond motifs is 1. The van der Waals surface area contributed by atoms with Crippen LogP contribution in [0.25, 0.3) is 11.0 Å². The van der Waals surface area contributed by atoms with Gasteiger partial charge in [0.1, 0.15) is 0 Å². The number of benzene rings is 1. The van der Waals surface area contributed by atoms with Gasteiger partial charge in [0.15, 0.2) is 0 Å². The highest BCUT2D eigenvalue weighted by Crippen LogP contribution is 2.19. The van der Waals surface area contributed by atoms with Crippen molar-refractivity contribution in [3.05, 3.63) is 24.3 Å². The van der Waals surface area contributed by atoms with E-state index in [2.05, 4.69) is 22.5 Å². The molecule has 0 unspecified atom stereocenters. The largest absolute Gasteiger partial charge is 0.465 e. The second kappa shape index (κ2) is 8.90. The minimum atomic E-state index is -1.25. The van der Waals surface area contributed by atoms with Crippen LogP contribution in [0.1, 0.15) is 45.4 Å². The Kier molecular flexibility index (Phi) is 6.60. The summed E-state index contributed by atoms with van der Waals surface area (Å²) in [5, 5.41) is 13.9. The van der Waals surface area contributed by atoms with Crippen LogP contribution in [0, 0.1) is 0 Å². The van der Waals surface area contributed by atoms with Crippen molar-refractivity contribution in [2.24, 2.45) is 0 Å². The molecule has 2 aromatic rings. The first kappa shape index (κ1) is 17.8. The summed E-state index contributed by atoms with van der Waals surface area (Å²) in [7, 11) is 0. The van der Waals surface area contributed by atoms with Crippen molar-refractivity contribution in [3.8, 4) is 0 Å². The Morgan fingerprint density at radius 1 is 1.12 bits per heavy atom. The fourth-order valence-electron chi connectivity index (χ4n) is 2.59. The molecule has 3 N–H and O–H groups in total. The molecule has 0 saturated carbocycles. The van der Waals surface area contributed by atoms with Gasteiger partial charge in [0.2, 0.25) is 5.95 Å². The third-order valence-corrected chi connectivity index (χ3v) is 3.79. The molecule has 1 heterocycles. The third kappa shape index (κ3) is 4.71. The summed E-state index contributed by atoms with van der Waals surface area (Å²) in [6.45, 7) is 2.74. The molecule has 0 aliphatic heterocycles. The van der Waals surface area contributed by atoms with Crippen molar-refractivity contribution < 1.29 is 14.7 Å².